The molecule has 0 saturated heterocycles. The Morgan fingerprint density at radius 1 is 1.26 bits per heavy atom. The van der Waals surface area contributed by atoms with Crippen LogP contribution in [0.5, 0.6) is 0 Å². The van der Waals surface area contributed by atoms with Crippen molar-refractivity contribution in [3.8, 4) is 6.07 Å². The Morgan fingerprint density at radius 3 is 2.63 bits per heavy atom. The van der Waals surface area contributed by atoms with Crippen LogP contribution in [-0.2, 0) is 11.7 Å². The van der Waals surface area contributed by atoms with Crippen LogP contribution in [0.1, 0.15) is 50.4 Å². The molecule has 0 bridgehead atoms. The molecule has 0 aliphatic heterocycles. The van der Waals surface area contributed by atoms with E-state index in [1.165, 1.54) is 12.1 Å². The summed E-state index contributed by atoms with van der Waals surface area (Å²) in [6, 6.07) is 5.34. The van der Waals surface area contributed by atoms with Gasteiger partial charge in [0.1, 0.15) is 0 Å². The van der Waals surface area contributed by atoms with E-state index in [2.05, 4.69) is 41.7 Å². The standard InChI is InChI=1S/C20H21F3N4/c1-19(2,3)27-12-25-11-18(27)13-4-6-15(8-13)26-16-7-5-14(10-24)17(9-16)20(21,22)23/h4-5,7,9,11-12,15,26H,6,8H2,1-3H3. The zero-order valence-corrected chi connectivity index (χ0v) is 15.4. The quantitative estimate of drug-likeness (QED) is 0.805. The highest BCUT2D eigenvalue weighted by atomic mass is 19.4. The highest BCUT2D eigenvalue weighted by Crippen LogP contribution is 2.35. The summed E-state index contributed by atoms with van der Waals surface area (Å²) < 4.78 is 41.5. The first-order chi connectivity index (χ1) is 12.6. The van der Waals surface area contributed by atoms with E-state index in [1.807, 2.05) is 6.20 Å². The van der Waals surface area contributed by atoms with Gasteiger partial charge in [0.15, 0.2) is 0 Å². The molecule has 1 aromatic heterocycles. The lowest BCUT2D eigenvalue weighted by molar-refractivity contribution is -0.137. The average molecular weight is 374 g/mol. The molecule has 1 aliphatic carbocycles. The van der Waals surface area contributed by atoms with Crippen molar-refractivity contribution in [3.05, 3.63) is 53.6 Å². The Balaban J connectivity index is 1.76. The van der Waals surface area contributed by atoms with Gasteiger partial charge in [0.25, 0.3) is 0 Å². The van der Waals surface area contributed by atoms with Crippen LogP contribution in [0.25, 0.3) is 5.57 Å². The number of nitrogens with zero attached hydrogens (tertiary/aromatic N) is 3. The summed E-state index contributed by atoms with van der Waals surface area (Å²) in [7, 11) is 0. The number of nitriles is 1. The Bertz CT molecular complexity index is 911. The van der Waals surface area contributed by atoms with Crippen LogP contribution in [0, 0.1) is 11.3 Å². The Labute approximate surface area is 156 Å². The smallest absolute Gasteiger partial charge is 0.382 e. The average Bonchev–Trinajstić information content (AvgIpc) is 3.22. The molecule has 27 heavy (non-hydrogen) atoms. The van der Waals surface area contributed by atoms with Crippen molar-refractivity contribution >= 4 is 11.3 Å². The monoisotopic (exact) mass is 374 g/mol. The van der Waals surface area contributed by atoms with Crippen molar-refractivity contribution in [3.63, 3.8) is 0 Å². The molecule has 1 N–H and O–H groups in total. The lowest BCUT2D eigenvalue weighted by Gasteiger charge is -2.24. The van der Waals surface area contributed by atoms with Gasteiger partial charge in [-0.15, -0.1) is 0 Å². The molecule has 0 spiro atoms. The van der Waals surface area contributed by atoms with Gasteiger partial charge in [0.05, 0.1) is 35.4 Å². The molecule has 0 fully saturated rings. The van der Waals surface area contributed by atoms with E-state index in [0.717, 1.165) is 17.3 Å². The second-order valence-electron chi connectivity index (χ2n) is 7.70. The highest BCUT2D eigenvalue weighted by Gasteiger charge is 2.34. The number of hydrogen-bond donors (Lipinski definition) is 1. The van der Waals surface area contributed by atoms with Crippen molar-refractivity contribution in [2.45, 2.75) is 51.4 Å². The van der Waals surface area contributed by atoms with Crippen molar-refractivity contribution in [2.24, 2.45) is 0 Å². The molecule has 2 aromatic rings. The van der Waals surface area contributed by atoms with E-state index >= 15 is 0 Å². The number of hydrogen-bond acceptors (Lipinski definition) is 3. The third-order valence-electron chi connectivity index (χ3n) is 4.62. The van der Waals surface area contributed by atoms with E-state index < -0.39 is 11.7 Å². The second kappa shape index (κ2) is 6.76. The van der Waals surface area contributed by atoms with E-state index in [1.54, 1.807) is 12.4 Å². The van der Waals surface area contributed by atoms with Crippen LogP contribution < -0.4 is 5.32 Å². The maximum absolute atomic E-state index is 13.1. The van der Waals surface area contributed by atoms with Gasteiger partial charge in [-0.25, -0.2) is 4.98 Å². The lowest BCUT2D eigenvalue weighted by Crippen LogP contribution is -2.23. The van der Waals surface area contributed by atoms with E-state index in [-0.39, 0.29) is 17.1 Å². The van der Waals surface area contributed by atoms with Gasteiger partial charge in [-0.2, -0.15) is 18.4 Å². The molecular weight excluding hydrogens is 353 g/mol. The molecule has 1 aliphatic rings. The number of nitrogens with one attached hydrogen (secondary N) is 1. The fourth-order valence-electron chi connectivity index (χ4n) is 3.30. The summed E-state index contributed by atoms with van der Waals surface area (Å²) in [5.74, 6) is 0. The number of imidazole rings is 1. The van der Waals surface area contributed by atoms with Crippen LogP contribution in [0.4, 0.5) is 18.9 Å². The third kappa shape index (κ3) is 4.00. The number of alkyl halides is 3. The van der Waals surface area contributed by atoms with Gasteiger partial charge in [-0.3, -0.25) is 0 Å². The number of benzene rings is 1. The fraction of sp³-hybridized carbons (Fsp3) is 0.400. The summed E-state index contributed by atoms with van der Waals surface area (Å²) in [5, 5.41) is 12.1. The molecule has 4 nitrogen and oxygen atoms in total. The molecule has 3 rings (SSSR count). The summed E-state index contributed by atoms with van der Waals surface area (Å²) in [5.41, 5.74) is 1.14. The molecular formula is C20H21F3N4. The highest BCUT2D eigenvalue weighted by molar-refractivity contribution is 5.67. The summed E-state index contributed by atoms with van der Waals surface area (Å²) >= 11 is 0. The maximum Gasteiger partial charge on any atom is 0.417 e. The zero-order chi connectivity index (χ0) is 19.8. The molecule has 7 heteroatoms. The number of anilines is 1. The SMILES string of the molecule is CC(C)(C)n1cncc1C1=CCC(Nc2ccc(C#N)c(C(F)(F)F)c2)C1. The molecule has 0 saturated carbocycles. The predicted molar refractivity (Wildman–Crippen MR) is 98.0 cm³/mol. The van der Waals surface area contributed by atoms with Crippen LogP contribution in [0.3, 0.4) is 0 Å². The van der Waals surface area contributed by atoms with Gasteiger partial charge < -0.3 is 9.88 Å². The van der Waals surface area contributed by atoms with Crippen molar-refractivity contribution in [1.82, 2.24) is 9.55 Å². The summed E-state index contributed by atoms with van der Waals surface area (Å²) in [6.07, 6.45) is 2.58. The maximum atomic E-state index is 13.1. The van der Waals surface area contributed by atoms with E-state index in [0.29, 0.717) is 18.5 Å². The minimum atomic E-state index is -4.55. The third-order valence-corrected chi connectivity index (χ3v) is 4.62. The fourth-order valence-corrected chi connectivity index (χ4v) is 3.30. The first kappa shape index (κ1) is 19.0. The van der Waals surface area contributed by atoms with Gasteiger partial charge in [0.2, 0.25) is 0 Å². The first-order valence-corrected chi connectivity index (χ1v) is 8.69. The number of rotatable bonds is 3. The first-order valence-electron chi connectivity index (χ1n) is 8.69. The van der Waals surface area contributed by atoms with Gasteiger partial charge in [0, 0.05) is 17.3 Å². The Kier molecular flexibility index (Phi) is 4.77. The number of halogens is 3. The van der Waals surface area contributed by atoms with Crippen molar-refractivity contribution in [1.29, 1.82) is 5.26 Å². The Hall–Kier alpha value is -2.75. The molecule has 0 radical (unpaired) electrons. The molecule has 1 unspecified atom stereocenters. The van der Waals surface area contributed by atoms with Crippen LogP contribution in [-0.4, -0.2) is 15.6 Å². The summed E-state index contributed by atoms with van der Waals surface area (Å²) in [4.78, 5) is 4.25. The van der Waals surface area contributed by atoms with Gasteiger partial charge in [-0.1, -0.05) is 6.08 Å². The van der Waals surface area contributed by atoms with E-state index in [9.17, 15) is 13.2 Å². The van der Waals surface area contributed by atoms with E-state index in [4.69, 9.17) is 5.26 Å². The molecule has 142 valence electrons. The molecule has 1 aromatic carbocycles. The van der Waals surface area contributed by atoms with Crippen molar-refractivity contribution in [2.75, 3.05) is 5.32 Å². The lowest BCUT2D eigenvalue weighted by atomic mass is 10.0. The molecule has 0 amide bonds. The number of aromatic nitrogens is 2. The minimum Gasteiger partial charge on any atom is -0.382 e. The predicted octanol–water partition coefficient (Wildman–Crippen LogP) is 5.19. The van der Waals surface area contributed by atoms with Gasteiger partial charge >= 0.3 is 6.18 Å². The zero-order valence-electron chi connectivity index (χ0n) is 15.4. The molecule has 1 heterocycles. The van der Waals surface area contributed by atoms with Crippen LogP contribution in [0.2, 0.25) is 0 Å². The summed E-state index contributed by atoms with van der Waals surface area (Å²) in [6.45, 7) is 6.29. The largest absolute Gasteiger partial charge is 0.417 e. The van der Waals surface area contributed by atoms with Crippen LogP contribution >= 0.6 is 0 Å². The van der Waals surface area contributed by atoms with Crippen molar-refractivity contribution < 1.29 is 13.2 Å². The topological polar surface area (TPSA) is 53.6 Å². The van der Waals surface area contributed by atoms with Gasteiger partial charge in [-0.05, 0) is 57.4 Å². The normalized spacial score (nSPS) is 17.5. The molecule has 1 atom stereocenters. The minimum absolute atomic E-state index is 0.00247. The second-order valence-corrected chi connectivity index (χ2v) is 7.70. The Morgan fingerprint density at radius 2 is 2.00 bits per heavy atom. The van der Waals surface area contributed by atoms with Crippen LogP contribution in [0.15, 0.2) is 36.8 Å².